The molecule has 6 nitrogen and oxygen atoms in total. The Labute approximate surface area is 179 Å². The number of ether oxygens (including phenoxy) is 2. The van der Waals surface area contributed by atoms with Crippen molar-refractivity contribution in [3.63, 3.8) is 0 Å². The lowest BCUT2D eigenvalue weighted by Gasteiger charge is -2.12. The van der Waals surface area contributed by atoms with Gasteiger partial charge in [0.15, 0.2) is 11.5 Å². The van der Waals surface area contributed by atoms with Crippen molar-refractivity contribution in [1.29, 1.82) is 0 Å². The van der Waals surface area contributed by atoms with Gasteiger partial charge in [-0.25, -0.2) is 0 Å². The van der Waals surface area contributed by atoms with E-state index in [0.717, 1.165) is 5.56 Å². The average Bonchev–Trinajstić information content (AvgIpc) is 3.13. The number of nitrogens with zero attached hydrogens (tertiary/aromatic N) is 2. The summed E-state index contributed by atoms with van der Waals surface area (Å²) in [5.74, 6) is 0.866. The zero-order valence-electron chi connectivity index (χ0n) is 16.1. The van der Waals surface area contributed by atoms with Gasteiger partial charge in [0.2, 0.25) is 0 Å². The predicted molar refractivity (Wildman–Crippen MR) is 115 cm³/mol. The Kier molecular flexibility index (Phi) is 7.01. The number of carbonyl (C=O) groups excluding carboxylic acids is 1. The largest absolute Gasteiger partial charge is 0.490 e. The molecular weight excluding hydrogens is 413 g/mol. The van der Waals surface area contributed by atoms with Gasteiger partial charge in [0.05, 0.1) is 31.6 Å². The standard InChI is InChI=1S/C21H21Cl2N3O3/c1-3-28-19-9-8-14(10-20(19)29-4-2)21(27)25-15-11-24-26(12-15)13-16-17(22)6-5-7-18(16)23/h5-12H,3-4,13H2,1-2H3,(H,25,27). The minimum absolute atomic E-state index is 0.274. The second-order valence-electron chi connectivity index (χ2n) is 6.11. The lowest BCUT2D eigenvalue weighted by molar-refractivity contribution is 0.102. The van der Waals surface area contributed by atoms with Crippen LogP contribution in [-0.2, 0) is 6.54 Å². The van der Waals surface area contributed by atoms with Crippen LogP contribution in [0.15, 0.2) is 48.8 Å². The molecule has 152 valence electrons. The first-order valence-electron chi connectivity index (χ1n) is 9.18. The molecule has 3 rings (SSSR count). The van der Waals surface area contributed by atoms with Gasteiger partial charge in [-0.3, -0.25) is 9.48 Å². The lowest BCUT2D eigenvalue weighted by atomic mass is 10.2. The highest BCUT2D eigenvalue weighted by Gasteiger charge is 2.13. The van der Waals surface area contributed by atoms with Crippen molar-refractivity contribution in [3.8, 4) is 11.5 Å². The topological polar surface area (TPSA) is 65.4 Å². The molecule has 0 unspecified atom stereocenters. The van der Waals surface area contributed by atoms with Crippen molar-refractivity contribution in [2.45, 2.75) is 20.4 Å². The molecule has 0 aliphatic rings. The summed E-state index contributed by atoms with van der Waals surface area (Å²) in [4.78, 5) is 12.6. The fraction of sp³-hybridized carbons (Fsp3) is 0.238. The van der Waals surface area contributed by atoms with E-state index in [1.807, 2.05) is 13.8 Å². The maximum absolute atomic E-state index is 12.6. The van der Waals surface area contributed by atoms with Crippen LogP contribution in [0, 0.1) is 0 Å². The molecule has 1 aromatic heterocycles. The molecule has 1 amide bonds. The highest BCUT2D eigenvalue weighted by atomic mass is 35.5. The first-order valence-corrected chi connectivity index (χ1v) is 9.93. The van der Waals surface area contributed by atoms with Crippen LogP contribution in [0.2, 0.25) is 10.0 Å². The molecular formula is C21H21Cl2N3O3. The van der Waals surface area contributed by atoms with Crippen LogP contribution in [0.1, 0.15) is 29.8 Å². The van der Waals surface area contributed by atoms with Crippen LogP contribution in [0.3, 0.4) is 0 Å². The van der Waals surface area contributed by atoms with E-state index in [2.05, 4.69) is 10.4 Å². The number of aromatic nitrogens is 2. The Balaban J connectivity index is 1.72. The molecule has 3 aromatic rings. The van der Waals surface area contributed by atoms with Crippen molar-refractivity contribution in [2.75, 3.05) is 18.5 Å². The van der Waals surface area contributed by atoms with Crippen LogP contribution >= 0.6 is 23.2 Å². The molecule has 0 bridgehead atoms. The maximum Gasteiger partial charge on any atom is 0.255 e. The molecule has 2 aromatic carbocycles. The summed E-state index contributed by atoms with van der Waals surface area (Å²) in [7, 11) is 0. The highest BCUT2D eigenvalue weighted by molar-refractivity contribution is 6.35. The zero-order chi connectivity index (χ0) is 20.8. The minimum Gasteiger partial charge on any atom is -0.490 e. The molecule has 8 heteroatoms. The molecule has 0 radical (unpaired) electrons. The third-order valence-electron chi connectivity index (χ3n) is 4.08. The van der Waals surface area contributed by atoms with E-state index in [1.54, 1.807) is 53.5 Å². The molecule has 0 aliphatic heterocycles. The summed E-state index contributed by atoms with van der Waals surface area (Å²) in [6.07, 6.45) is 3.29. The van der Waals surface area contributed by atoms with Gasteiger partial charge < -0.3 is 14.8 Å². The predicted octanol–water partition coefficient (Wildman–Crippen LogP) is 5.29. The van der Waals surface area contributed by atoms with Crippen LogP contribution in [0.4, 0.5) is 5.69 Å². The molecule has 1 heterocycles. The number of rotatable bonds is 8. The Morgan fingerprint density at radius 1 is 1.07 bits per heavy atom. The van der Waals surface area contributed by atoms with E-state index in [9.17, 15) is 4.79 Å². The van der Waals surface area contributed by atoms with E-state index in [1.165, 1.54) is 0 Å². The Morgan fingerprint density at radius 3 is 2.45 bits per heavy atom. The number of anilines is 1. The molecule has 0 atom stereocenters. The van der Waals surface area contributed by atoms with Crippen molar-refractivity contribution in [1.82, 2.24) is 9.78 Å². The quantitative estimate of drug-likeness (QED) is 0.524. The van der Waals surface area contributed by atoms with Crippen LogP contribution < -0.4 is 14.8 Å². The summed E-state index contributed by atoms with van der Waals surface area (Å²) < 4.78 is 12.8. The molecule has 0 aliphatic carbocycles. The van der Waals surface area contributed by atoms with Crippen LogP contribution in [0.5, 0.6) is 11.5 Å². The fourth-order valence-corrected chi connectivity index (χ4v) is 3.27. The zero-order valence-corrected chi connectivity index (χ0v) is 17.6. The molecule has 29 heavy (non-hydrogen) atoms. The van der Waals surface area contributed by atoms with Crippen molar-refractivity contribution in [2.24, 2.45) is 0 Å². The van der Waals surface area contributed by atoms with E-state index in [-0.39, 0.29) is 5.91 Å². The Bertz CT molecular complexity index is 984. The molecule has 0 spiro atoms. The Morgan fingerprint density at radius 2 is 1.76 bits per heavy atom. The summed E-state index contributed by atoms with van der Waals surface area (Å²) in [6.45, 7) is 5.15. The van der Waals surface area contributed by atoms with Gasteiger partial charge in [-0.1, -0.05) is 29.3 Å². The number of halogens is 2. The van der Waals surface area contributed by atoms with Gasteiger partial charge >= 0.3 is 0 Å². The molecule has 0 saturated heterocycles. The van der Waals surface area contributed by atoms with E-state index in [0.29, 0.717) is 52.6 Å². The number of hydrogen-bond donors (Lipinski definition) is 1. The lowest BCUT2D eigenvalue weighted by Crippen LogP contribution is -2.12. The van der Waals surface area contributed by atoms with Gasteiger partial charge in [0, 0.05) is 27.4 Å². The number of nitrogens with one attached hydrogen (secondary N) is 1. The van der Waals surface area contributed by atoms with Gasteiger partial charge in [-0.2, -0.15) is 5.10 Å². The number of amides is 1. The van der Waals surface area contributed by atoms with Gasteiger partial charge in [-0.15, -0.1) is 0 Å². The summed E-state index contributed by atoms with van der Waals surface area (Å²) in [5, 5.41) is 8.23. The number of hydrogen-bond acceptors (Lipinski definition) is 4. The first kappa shape index (κ1) is 21.0. The smallest absolute Gasteiger partial charge is 0.255 e. The van der Waals surface area contributed by atoms with Crippen molar-refractivity contribution >= 4 is 34.8 Å². The monoisotopic (exact) mass is 433 g/mol. The summed E-state index contributed by atoms with van der Waals surface area (Å²) in [6, 6.07) is 10.4. The molecule has 0 saturated carbocycles. The SMILES string of the molecule is CCOc1ccc(C(=O)Nc2cnn(Cc3c(Cl)cccc3Cl)c2)cc1OCC. The third kappa shape index (κ3) is 5.22. The Hall–Kier alpha value is -2.70. The summed E-state index contributed by atoms with van der Waals surface area (Å²) in [5.41, 5.74) is 1.79. The molecule has 0 fully saturated rings. The van der Waals surface area contributed by atoms with E-state index < -0.39 is 0 Å². The first-order chi connectivity index (χ1) is 14.0. The minimum atomic E-state index is -0.274. The van der Waals surface area contributed by atoms with E-state index in [4.69, 9.17) is 32.7 Å². The van der Waals surface area contributed by atoms with Gasteiger partial charge in [0.1, 0.15) is 0 Å². The maximum atomic E-state index is 12.6. The van der Waals surface area contributed by atoms with Crippen molar-refractivity contribution < 1.29 is 14.3 Å². The fourth-order valence-electron chi connectivity index (χ4n) is 2.76. The summed E-state index contributed by atoms with van der Waals surface area (Å²) >= 11 is 12.4. The number of benzene rings is 2. The van der Waals surface area contributed by atoms with Crippen molar-refractivity contribution in [3.05, 3.63) is 70.0 Å². The van der Waals surface area contributed by atoms with Gasteiger partial charge in [-0.05, 0) is 44.2 Å². The normalized spacial score (nSPS) is 10.6. The van der Waals surface area contributed by atoms with Crippen LogP contribution in [0.25, 0.3) is 0 Å². The van der Waals surface area contributed by atoms with Gasteiger partial charge in [0.25, 0.3) is 5.91 Å². The van der Waals surface area contributed by atoms with Crippen LogP contribution in [-0.4, -0.2) is 28.9 Å². The average molecular weight is 434 g/mol. The second-order valence-corrected chi connectivity index (χ2v) is 6.92. The third-order valence-corrected chi connectivity index (χ3v) is 4.79. The van der Waals surface area contributed by atoms with E-state index >= 15 is 0 Å². The highest BCUT2D eigenvalue weighted by Crippen LogP contribution is 2.29. The molecule has 1 N–H and O–H groups in total. The number of carbonyl (C=O) groups is 1. The second kappa shape index (κ2) is 9.67.